The number of esters is 1. The first kappa shape index (κ1) is 18.9. The molecule has 0 saturated heterocycles. The standard InChI is InChI=1S/C15H19F3N2O3/c1-10-11(7-8-12(20-10)15(16,17)18)14(22)19-9-5-3-4-6-13(21)23-2/h7-8H,3-6,9H2,1-2H3,(H,19,22). The number of hydrogen-bond donors (Lipinski definition) is 1. The van der Waals surface area contributed by atoms with Gasteiger partial charge >= 0.3 is 12.1 Å². The lowest BCUT2D eigenvalue weighted by Gasteiger charge is -2.10. The number of unbranched alkanes of at least 4 members (excludes halogenated alkanes) is 2. The van der Waals surface area contributed by atoms with Crippen LogP contribution in [0.3, 0.4) is 0 Å². The number of alkyl halides is 3. The van der Waals surface area contributed by atoms with Gasteiger partial charge in [0.05, 0.1) is 18.4 Å². The van der Waals surface area contributed by atoms with Crippen molar-refractivity contribution >= 4 is 11.9 Å². The van der Waals surface area contributed by atoms with Crippen LogP contribution < -0.4 is 5.32 Å². The molecule has 0 atom stereocenters. The Labute approximate surface area is 132 Å². The lowest BCUT2D eigenvalue weighted by atomic mass is 10.1. The van der Waals surface area contributed by atoms with Crippen molar-refractivity contribution in [1.82, 2.24) is 10.3 Å². The smallest absolute Gasteiger partial charge is 0.433 e. The van der Waals surface area contributed by atoms with E-state index in [9.17, 15) is 22.8 Å². The van der Waals surface area contributed by atoms with Crippen LogP contribution in [0.25, 0.3) is 0 Å². The van der Waals surface area contributed by atoms with Crippen LogP contribution in [0.5, 0.6) is 0 Å². The molecule has 1 N–H and O–H groups in total. The van der Waals surface area contributed by atoms with E-state index in [2.05, 4.69) is 15.0 Å². The average Bonchev–Trinajstić information content (AvgIpc) is 2.49. The maximum atomic E-state index is 12.5. The number of pyridine rings is 1. The number of halogens is 3. The zero-order chi connectivity index (χ0) is 17.5. The van der Waals surface area contributed by atoms with E-state index in [1.54, 1.807) is 0 Å². The molecule has 5 nitrogen and oxygen atoms in total. The molecule has 128 valence electrons. The molecule has 8 heteroatoms. The van der Waals surface area contributed by atoms with E-state index >= 15 is 0 Å². The number of methoxy groups -OCH3 is 1. The van der Waals surface area contributed by atoms with Crippen molar-refractivity contribution in [3.8, 4) is 0 Å². The first-order chi connectivity index (χ1) is 10.8. The van der Waals surface area contributed by atoms with Gasteiger partial charge in [-0.3, -0.25) is 9.59 Å². The summed E-state index contributed by atoms with van der Waals surface area (Å²) in [7, 11) is 1.32. The van der Waals surface area contributed by atoms with Gasteiger partial charge in [0.1, 0.15) is 5.69 Å². The molecule has 0 aliphatic heterocycles. The minimum Gasteiger partial charge on any atom is -0.469 e. The summed E-state index contributed by atoms with van der Waals surface area (Å²) in [6.45, 7) is 1.74. The minimum absolute atomic E-state index is 0.0306. The van der Waals surface area contributed by atoms with E-state index in [1.807, 2.05) is 0 Å². The van der Waals surface area contributed by atoms with Gasteiger partial charge in [-0.2, -0.15) is 13.2 Å². The third-order valence-electron chi connectivity index (χ3n) is 3.19. The van der Waals surface area contributed by atoms with Crippen molar-refractivity contribution in [3.63, 3.8) is 0 Å². The van der Waals surface area contributed by atoms with Gasteiger partial charge in [-0.15, -0.1) is 0 Å². The molecule has 0 saturated carbocycles. The van der Waals surface area contributed by atoms with Gasteiger partial charge in [0.15, 0.2) is 0 Å². The van der Waals surface area contributed by atoms with Gasteiger partial charge in [-0.25, -0.2) is 4.98 Å². The quantitative estimate of drug-likeness (QED) is 0.616. The largest absolute Gasteiger partial charge is 0.469 e. The number of rotatable bonds is 7. The summed E-state index contributed by atoms with van der Waals surface area (Å²) < 4.78 is 42.0. The van der Waals surface area contributed by atoms with Crippen LogP contribution in [0.1, 0.15) is 47.4 Å². The van der Waals surface area contributed by atoms with Gasteiger partial charge in [0.2, 0.25) is 0 Å². The summed E-state index contributed by atoms with van der Waals surface area (Å²) in [6.07, 6.45) is -2.15. The van der Waals surface area contributed by atoms with Crippen molar-refractivity contribution in [2.45, 2.75) is 38.8 Å². The Kier molecular flexibility index (Phi) is 6.99. The van der Waals surface area contributed by atoms with E-state index in [4.69, 9.17) is 0 Å². The zero-order valence-corrected chi connectivity index (χ0v) is 13.0. The third kappa shape index (κ3) is 6.25. The predicted octanol–water partition coefficient (Wildman–Crippen LogP) is 2.87. The van der Waals surface area contributed by atoms with E-state index < -0.39 is 17.8 Å². The fourth-order valence-electron chi connectivity index (χ4n) is 1.93. The molecular formula is C15H19F3N2O3. The van der Waals surface area contributed by atoms with Crippen LogP contribution in [0.2, 0.25) is 0 Å². The average molecular weight is 332 g/mol. The van der Waals surface area contributed by atoms with Gasteiger partial charge < -0.3 is 10.1 Å². The van der Waals surface area contributed by atoms with Crippen LogP contribution in [0, 0.1) is 6.92 Å². The van der Waals surface area contributed by atoms with Crippen molar-refractivity contribution in [1.29, 1.82) is 0 Å². The molecule has 1 heterocycles. The molecule has 0 aromatic carbocycles. The van der Waals surface area contributed by atoms with Gasteiger partial charge in [-0.1, -0.05) is 6.42 Å². The highest BCUT2D eigenvalue weighted by Gasteiger charge is 2.33. The van der Waals surface area contributed by atoms with Crippen LogP contribution in [-0.2, 0) is 15.7 Å². The summed E-state index contributed by atoms with van der Waals surface area (Å²) in [5, 5.41) is 2.62. The molecule has 0 aliphatic carbocycles. The van der Waals surface area contributed by atoms with Crippen molar-refractivity contribution in [2.75, 3.05) is 13.7 Å². The van der Waals surface area contributed by atoms with Crippen LogP contribution in [-0.4, -0.2) is 30.5 Å². The van der Waals surface area contributed by atoms with Gasteiger partial charge in [-0.05, 0) is 31.9 Å². The molecule has 23 heavy (non-hydrogen) atoms. The normalized spacial score (nSPS) is 11.2. The number of carbonyl (C=O) groups is 2. The number of carbonyl (C=O) groups excluding carboxylic acids is 2. The summed E-state index contributed by atoms with van der Waals surface area (Å²) in [5.41, 5.74) is -0.870. The summed E-state index contributed by atoms with van der Waals surface area (Å²) in [5.74, 6) is -0.739. The van der Waals surface area contributed by atoms with Gasteiger partial charge in [0.25, 0.3) is 5.91 Å². The van der Waals surface area contributed by atoms with Crippen LogP contribution >= 0.6 is 0 Å². The highest BCUT2D eigenvalue weighted by atomic mass is 19.4. The first-order valence-electron chi connectivity index (χ1n) is 7.15. The number of amides is 1. The Morgan fingerprint density at radius 2 is 1.91 bits per heavy atom. The molecule has 0 spiro atoms. The number of aryl methyl sites for hydroxylation is 1. The number of aromatic nitrogens is 1. The minimum atomic E-state index is -4.53. The van der Waals surface area contributed by atoms with E-state index in [1.165, 1.54) is 14.0 Å². The Morgan fingerprint density at radius 1 is 1.22 bits per heavy atom. The second kappa shape index (κ2) is 8.50. The maximum Gasteiger partial charge on any atom is 0.433 e. The van der Waals surface area contributed by atoms with Gasteiger partial charge in [0, 0.05) is 13.0 Å². The summed E-state index contributed by atoms with van der Waals surface area (Å²) >= 11 is 0. The molecule has 0 aliphatic rings. The van der Waals surface area contributed by atoms with E-state index in [-0.39, 0.29) is 17.2 Å². The van der Waals surface area contributed by atoms with E-state index in [0.29, 0.717) is 25.8 Å². The SMILES string of the molecule is COC(=O)CCCCCNC(=O)c1ccc(C(F)(F)F)nc1C. The Balaban J connectivity index is 2.42. The Hall–Kier alpha value is -2.12. The van der Waals surface area contributed by atoms with Crippen LogP contribution in [0.4, 0.5) is 13.2 Å². The predicted molar refractivity (Wildman–Crippen MR) is 76.8 cm³/mol. The Morgan fingerprint density at radius 3 is 2.48 bits per heavy atom. The Bertz CT molecular complexity index is 559. The highest BCUT2D eigenvalue weighted by Crippen LogP contribution is 2.28. The fraction of sp³-hybridized carbons (Fsp3) is 0.533. The zero-order valence-electron chi connectivity index (χ0n) is 13.0. The number of nitrogens with one attached hydrogen (secondary N) is 1. The summed E-state index contributed by atoms with van der Waals surface area (Å²) in [4.78, 5) is 26.2. The molecule has 1 rings (SSSR count). The highest BCUT2D eigenvalue weighted by molar-refractivity contribution is 5.95. The molecular weight excluding hydrogens is 313 g/mol. The number of ether oxygens (including phenoxy) is 1. The number of nitrogens with zero attached hydrogens (tertiary/aromatic N) is 1. The lowest BCUT2D eigenvalue weighted by molar-refractivity contribution is -0.141. The lowest BCUT2D eigenvalue weighted by Crippen LogP contribution is -2.26. The molecule has 0 unspecified atom stereocenters. The first-order valence-corrected chi connectivity index (χ1v) is 7.15. The molecule has 0 radical (unpaired) electrons. The molecule has 1 aromatic rings. The van der Waals surface area contributed by atoms with Crippen molar-refractivity contribution in [3.05, 3.63) is 29.1 Å². The monoisotopic (exact) mass is 332 g/mol. The number of hydrogen-bond acceptors (Lipinski definition) is 4. The van der Waals surface area contributed by atoms with Crippen molar-refractivity contribution < 1.29 is 27.5 Å². The van der Waals surface area contributed by atoms with Crippen LogP contribution in [0.15, 0.2) is 12.1 Å². The fourth-order valence-corrected chi connectivity index (χ4v) is 1.93. The molecule has 1 aromatic heterocycles. The maximum absolute atomic E-state index is 12.5. The van der Waals surface area contributed by atoms with Crippen molar-refractivity contribution in [2.24, 2.45) is 0 Å². The molecule has 0 bridgehead atoms. The third-order valence-corrected chi connectivity index (χ3v) is 3.19. The molecule has 1 amide bonds. The second-order valence-corrected chi connectivity index (χ2v) is 4.97. The molecule has 0 fully saturated rings. The summed E-state index contributed by atoms with van der Waals surface area (Å²) in [6, 6.07) is 1.91. The second-order valence-electron chi connectivity index (χ2n) is 4.97. The van der Waals surface area contributed by atoms with E-state index in [0.717, 1.165) is 18.6 Å². The topological polar surface area (TPSA) is 68.3 Å².